The van der Waals surface area contributed by atoms with E-state index in [2.05, 4.69) is 135 Å². The summed E-state index contributed by atoms with van der Waals surface area (Å²) in [7, 11) is 8.08. The molecule has 94 heavy (non-hydrogen) atoms. The molecule has 9 rings (SSSR count). The lowest BCUT2D eigenvalue weighted by Crippen LogP contribution is -2.15. The molecule has 0 fully saturated rings. The minimum Gasteiger partial charge on any atom is -0.507 e. The summed E-state index contributed by atoms with van der Waals surface area (Å²) in [6.45, 7) is 40.0. The standard InChI is InChI=1S/C39H47O6P.C23H31Cl2O4P.C16H18O2/c1-22-14-24(3)34-28(16-22)29-17-23(2)15-25(4)35(29)44-46(43-34)45-37-31(19-27(41-12)21-33(37)39(8,9)10)30-18-26(40-11)20-32(36(30)42-13)38(5,6)7;1-22(2,3)18-12-14(26-7)10-16(20(18)28-9)17-11-15(27-8)13-19(23(4,5)6)21(17)29-30(24)25;1-9-5-11(3)15(17)13(7-9)14-8-10(2)6-12(4)16(14)18/h14-21H,1-13H3;10-13H,1-9H3;5-8,17-18H,1-4H3. The topological polar surface area (TPSA) is 141 Å². The number of rotatable bonds is 13. The molecule has 0 amide bonds. The molecule has 0 aliphatic rings. The van der Waals surface area contributed by atoms with Gasteiger partial charge in [-0.25, -0.2) is 0 Å². The third-order valence-corrected chi connectivity index (χ3v) is 18.1. The van der Waals surface area contributed by atoms with Crippen LogP contribution in [0, 0.1) is 55.4 Å². The zero-order valence-electron chi connectivity index (χ0n) is 59.9. The van der Waals surface area contributed by atoms with Crippen LogP contribution in [0.3, 0.4) is 0 Å². The Morgan fingerprint density at radius 1 is 0.340 bits per heavy atom. The van der Waals surface area contributed by atoms with Gasteiger partial charge in [0, 0.05) is 66.4 Å². The van der Waals surface area contributed by atoms with Crippen molar-refractivity contribution in [3.05, 3.63) is 164 Å². The highest BCUT2D eigenvalue weighted by Crippen LogP contribution is 2.57. The van der Waals surface area contributed by atoms with Gasteiger partial charge in [-0.05, 0) is 217 Å². The van der Waals surface area contributed by atoms with Crippen LogP contribution >= 0.6 is 37.6 Å². The molecule has 0 bridgehead atoms. The summed E-state index contributed by atoms with van der Waals surface area (Å²) >= 11 is 12.2. The third-order valence-electron chi connectivity index (χ3n) is 16.4. The van der Waals surface area contributed by atoms with E-state index in [9.17, 15) is 10.2 Å². The van der Waals surface area contributed by atoms with Crippen LogP contribution in [-0.2, 0) is 21.7 Å². The molecule has 0 atom stereocenters. The van der Waals surface area contributed by atoms with E-state index in [1.165, 1.54) is 0 Å². The molecular weight excluding hydrogens is 1260 g/mol. The van der Waals surface area contributed by atoms with Gasteiger partial charge in [0.1, 0.15) is 68.7 Å². The minimum absolute atomic E-state index is 0.174. The lowest BCUT2D eigenvalue weighted by atomic mass is 9.81. The van der Waals surface area contributed by atoms with Crippen molar-refractivity contribution in [2.24, 2.45) is 0 Å². The summed E-state index contributed by atoms with van der Waals surface area (Å²) in [6.07, 6.45) is 0. The first-order chi connectivity index (χ1) is 43.8. The molecule has 12 nitrogen and oxygen atoms in total. The fraction of sp³-hybridized carbons (Fsp3) is 0.385. The first-order valence-electron chi connectivity index (χ1n) is 31.2. The number of phenolic OH excluding ortho intramolecular Hbond substituents is 2. The molecule has 0 aliphatic carbocycles. The maximum Gasteiger partial charge on any atom is 0.453 e. The van der Waals surface area contributed by atoms with Gasteiger partial charge >= 0.3 is 8.24 Å². The van der Waals surface area contributed by atoms with E-state index in [1.54, 1.807) is 42.7 Å². The Kier molecular flexibility index (Phi) is 23.1. The van der Waals surface area contributed by atoms with Gasteiger partial charge in [-0.2, -0.15) is 0 Å². The molecule has 1 aromatic heterocycles. The second-order valence-corrected chi connectivity index (χ2v) is 32.2. The van der Waals surface area contributed by atoms with Crippen molar-refractivity contribution in [3.8, 4) is 90.9 Å². The van der Waals surface area contributed by atoms with Crippen LogP contribution in [0.15, 0.2) is 105 Å². The fourth-order valence-electron chi connectivity index (χ4n) is 11.8. The number of hydrogen-bond acceptors (Lipinski definition) is 12. The van der Waals surface area contributed by atoms with Crippen molar-refractivity contribution in [2.75, 3.05) is 42.7 Å². The first-order valence-corrected chi connectivity index (χ1v) is 35.4. The molecule has 0 unspecified atom stereocenters. The molecule has 16 heteroatoms. The predicted octanol–water partition coefficient (Wildman–Crippen LogP) is 23.7. The van der Waals surface area contributed by atoms with E-state index in [-0.39, 0.29) is 33.2 Å². The second kappa shape index (κ2) is 29.3. The van der Waals surface area contributed by atoms with Crippen LogP contribution in [0.1, 0.15) is 150 Å². The van der Waals surface area contributed by atoms with E-state index >= 15 is 0 Å². The second-order valence-electron chi connectivity index (χ2n) is 28.3. The van der Waals surface area contributed by atoms with E-state index in [1.807, 2.05) is 100 Å². The van der Waals surface area contributed by atoms with Crippen molar-refractivity contribution < 1.29 is 56.1 Å². The molecule has 0 spiro atoms. The highest BCUT2D eigenvalue weighted by atomic mass is 35.9. The van der Waals surface area contributed by atoms with Crippen molar-refractivity contribution in [1.29, 1.82) is 0 Å². The molecule has 1 heterocycles. The lowest BCUT2D eigenvalue weighted by molar-refractivity contribution is 0.389. The van der Waals surface area contributed by atoms with E-state index in [4.69, 9.17) is 68.3 Å². The van der Waals surface area contributed by atoms with E-state index < -0.39 is 15.1 Å². The van der Waals surface area contributed by atoms with Crippen LogP contribution in [-0.4, -0.2) is 52.9 Å². The normalized spacial score (nSPS) is 11.8. The Balaban J connectivity index is 0.000000222. The van der Waals surface area contributed by atoms with Gasteiger partial charge in [0.25, 0.3) is 6.85 Å². The van der Waals surface area contributed by atoms with Crippen LogP contribution < -0.4 is 37.5 Å². The number of phenols is 2. The van der Waals surface area contributed by atoms with Gasteiger partial charge in [-0.1, -0.05) is 107 Å². The van der Waals surface area contributed by atoms with Crippen molar-refractivity contribution in [3.63, 3.8) is 0 Å². The zero-order valence-corrected chi connectivity index (χ0v) is 63.2. The largest absolute Gasteiger partial charge is 0.507 e. The number of aryl methyl sites for hydroxylation is 8. The summed E-state index contributed by atoms with van der Waals surface area (Å²) in [6, 6.07) is 32.1. The molecule has 0 radical (unpaired) electrons. The summed E-state index contributed by atoms with van der Waals surface area (Å²) in [4.78, 5) is 0. The summed E-state index contributed by atoms with van der Waals surface area (Å²) in [5.41, 5.74) is 17.3. The van der Waals surface area contributed by atoms with Gasteiger partial charge < -0.3 is 56.1 Å². The van der Waals surface area contributed by atoms with Crippen molar-refractivity contribution in [1.82, 2.24) is 0 Å². The molecule has 0 saturated heterocycles. The predicted molar refractivity (Wildman–Crippen MR) is 393 cm³/mol. The zero-order chi connectivity index (χ0) is 70.0. The van der Waals surface area contributed by atoms with Crippen LogP contribution in [0.5, 0.6) is 57.5 Å². The minimum atomic E-state index is -1.95. The van der Waals surface area contributed by atoms with E-state index in [0.29, 0.717) is 34.1 Å². The number of hydrogen-bond donors (Lipinski definition) is 2. The average molecular weight is 1360 g/mol. The van der Waals surface area contributed by atoms with Crippen molar-refractivity contribution in [2.45, 2.75) is 160 Å². The molecule has 9 aromatic rings. The fourth-order valence-corrected chi connectivity index (χ4v) is 13.8. The van der Waals surface area contributed by atoms with Crippen LogP contribution in [0.4, 0.5) is 0 Å². The molecular formula is C78H96Cl2O12P2. The van der Waals surface area contributed by atoms with Crippen LogP contribution in [0.2, 0.25) is 0 Å². The van der Waals surface area contributed by atoms with Crippen molar-refractivity contribution >= 4 is 59.5 Å². The molecule has 8 aromatic carbocycles. The quantitative estimate of drug-likeness (QED) is 0.106. The molecule has 504 valence electrons. The Hall–Kier alpha value is -7.33. The monoisotopic (exact) mass is 1360 g/mol. The van der Waals surface area contributed by atoms with Crippen LogP contribution in [0.25, 0.3) is 55.3 Å². The van der Waals surface area contributed by atoms with Gasteiger partial charge in [-0.3, -0.25) is 0 Å². The number of aromatic hydroxyl groups is 2. The summed E-state index contributed by atoms with van der Waals surface area (Å²) < 4.78 is 61.5. The summed E-state index contributed by atoms with van der Waals surface area (Å²) in [5, 5.41) is 22.3. The lowest BCUT2D eigenvalue weighted by Gasteiger charge is -2.28. The number of methoxy groups -OCH3 is 6. The van der Waals surface area contributed by atoms with Gasteiger partial charge in [0.15, 0.2) is 0 Å². The first kappa shape index (κ1) is 74.1. The third kappa shape index (κ3) is 16.7. The molecule has 2 N–H and O–H groups in total. The smallest absolute Gasteiger partial charge is 0.453 e. The Bertz CT molecular complexity index is 4180. The number of ether oxygens (including phenoxy) is 6. The SMILES string of the molecule is COc1cc(-c2cc(OC)cc(C(C)(C)C)c2OP(Cl)Cl)c(OC)c(C(C)(C)C)c1.COc1cc(-c2cc(OC)cc(C(C)(C)C)c2Op2oc3c(C)cc(C)cc3c3cc(C)cc(C)c3o2)c(OC)c(C(C)(C)C)c1.Cc1cc(C)c(O)c(-c2cc(C)cc(C)c2O)c1. The van der Waals surface area contributed by atoms with Gasteiger partial charge in [0.05, 0.1) is 42.7 Å². The van der Waals surface area contributed by atoms with Gasteiger partial charge in [0.2, 0.25) is 0 Å². The maximum absolute atomic E-state index is 10.2. The molecule has 0 aliphatic heterocycles. The number of benzene rings is 8. The summed E-state index contributed by atoms with van der Waals surface area (Å²) in [5.74, 6) is 6.08. The Labute approximate surface area is 569 Å². The Morgan fingerprint density at radius 2 is 0.617 bits per heavy atom. The van der Waals surface area contributed by atoms with Gasteiger partial charge in [-0.15, -0.1) is 0 Å². The molecule has 0 saturated carbocycles. The van der Waals surface area contributed by atoms with E-state index in [0.717, 1.165) is 134 Å². The highest BCUT2D eigenvalue weighted by Gasteiger charge is 2.33. The number of halogens is 2. The highest BCUT2D eigenvalue weighted by molar-refractivity contribution is 8.00. The number of fused-ring (bicyclic) bond motifs is 3. The average Bonchev–Trinajstić information content (AvgIpc) is 1.10. The Morgan fingerprint density at radius 3 is 0.915 bits per heavy atom. The maximum atomic E-state index is 10.2.